The van der Waals surface area contributed by atoms with E-state index in [4.69, 9.17) is 9.47 Å². The molecular formula is C22H22N2O4. The summed E-state index contributed by atoms with van der Waals surface area (Å²) in [6.07, 6.45) is 2.80. The molecule has 1 heterocycles. The zero-order chi connectivity index (χ0) is 20.1. The zero-order valence-corrected chi connectivity index (χ0v) is 16.0. The van der Waals surface area contributed by atoms with Crippen LogP contribution >= 0.6 is 0 Å². The number of carbonyl (C=O) groups excluding carboxylic acids is 2. The Hall–Kier alpha value is -3.54. The van der Waals surface area contributed by atoms with Gasteiger partial charge in [0.15, 0.2) is 6.10 Å². The van der Waals surface area contributed by atoms with Crippen molar-refractivity contribution in [1.82, 2.24) is 4.57 Å². The lowest BCUT2D eigenvalue weighted by Gasteiger charge is -2.16. The van der Waals surface area contributed by atoms with E-state index >= 15 is 0 Å². The van der Waals surface area contributed by atoms with Crippen LogP contribution in [0.5, 0.6) is 5.75 Å². The van der Waals surface area contributed by atoms with Crippen LogP contribution in [0.15, 0.2) is 67.0 Å². The number of hydrogen-bond donors (Lipinski definition) is 1. The maximum Gasteiger partial charge on any atom is 0.338 e. The molecule has 0 aliphatic rings. The highest BCUT2D eigenvalue weighted by atomic mass is 16.5. The molecule has 1 aromatic heterocycles. The van der Waals surface area contributed by atoms with Crippen molar-refractivity contribution in [3.8, 4) is 11.4 Å². The monoisotopic (exact) mass is 378 g/mol. The SMILES string of the molecule is COc1ccc(C)cc1NC(=O)C(C)OC(=O)c1cccc(-n2cccc2)c1. The van der Waals surface area contributed by atoms with Crippen LogP contribution in [0.25, 0.3) is 5.69 Å². The zero-order valence-electron chi connectivity index (χ0n) is 16.0. The third kappa shape index (κ3) is 4.40. The number of aryl methyl sites for hydroxylation is 1. The highest BCUT2D eigenvalue weighted by molar-refractivity contribution is 5.98. The first-order chi connectivity index (χ1) is 13.5. The van der Waals surface area contributed by atoms with Crippen molar-refractivity contribution in [3.05, 3.63) is 78.1 Å². The van der Waals surface area contributed by atoms with Crippen LogP contribution in [0.1, 0.15) is 22.8 Å². The molecule has 0 radical (unpaired) electrons. The van der Waals surface area contributed by atoms with Gasteiger partial charge in [0.2, 0.25) is 0 Å². The Bertz CT molecular complexity index is 980. The van der Waals surface area contributed by atoms with Gasteiger partial charge in [-0.1, -0.05) is 12.1 Å². The smallest absolute Gasteiger partial charge is 0.338 e. The van der Waals surface area contributed by atoms with Crippen LogP contribution in [-0.2, 0) is 9.53 Å². The van der Waals surface area contributed by atoms with Crippen LogP contribution in [0.3, 0.4) is 0 Å². The molecule has 0 aliphatic heterocycles. The average molecular weight is 378 g/mol. The molecule has 0 saturated heterocycles. The lowest BCUT2D eigenvalue weighted by atomic mass is 10.2. The number of amides is 1. The van der Waals surface area contributed by atoms with Crippen LogP contribution in [-0.4, -0.2) is 29.7 Å². The van der Waals surface area contributed by atoms with E-state index in [0.29, 0.717) is 17.0 Å². The maximum atomic E-state index is 12.5. The largest absolute Gasteiger partial charge is 0.495 e. The third-order valence-electron chi connectivity index (χ3n) is 4.25. The van der Waals surface area contributed by atoms with E-state index in [0.717, 1.165) is 11.3 Å². The van der Waals surface area contributed by atoms with Gasteiger partial charge in [-0.05, 0) is 61.9 Å². The molecule has 1 N–H and O–H groups in total. The fraction of sp³-hybridized carbons (Fsp3) is 0.182. The van der Waals surface area contributed by atoms with E-state index in [1.165, 1.54) is 14.0 Å². The van der Waals surface area contributed by atoms with Gasteiger partial charge < -0.3 is 19.4 Å². The van der Waals surface area contributed by atoms with Crippen molar-refractivity contribution < 1.29 is 19.1 Å². The number of esters is 1. The molecule has 144 valence electrons. The van der Waals surface area contributed by atoms with E-state index in [2.05, 4.69) is 5.32 Å². The van der Waals surface area contributed by atoms with Gasteiger partial charge in [0, 0.05) is 18.1 Å². The van der Waals surface area contributed by atoms with Gasteiger partial charge in [-0.25, -0.2) is 4.79 Å². The number of hydrogen-bond acceptors (Lipinski definition) is 4. The molecule has 3 rings (SSSR count). The lowest BCUT2D eigenvalue weighted by molar-refractivity contribution is -0.123. The van der Waals surface area contributed by atoms with Crippen LogP contribution < -0.4 is 10.1 Å². The van der Waals surface area contributed by atoms with Crippen molar-refractivity contribution in [3.63, 3.8) is 0 Å². The quantitative estimate of drug-likeness (QED) is 0.659. The van der Waals surface area contributed by atoms with E-state index in [1.807, 2.05) is 48.1 Å². The summed E-state index contributed by atoms with van der Waals surface area (Å²) in [5, 5.41) is 2.75. The molecule has 3 aromatic rings. The predicted molar refractivity (Wildman–Crippen MR) is 107 cm³/mol. The second kappa shape index (κ2) is 8.43. The van der Waals surface area contributed by atoms with Crippen LogP contribution in [0.2, 0.25) is 0 Å². The molecule has 6 nitrogen and oxygen atoms in total. The van der Waals surface area contributed by atoms with Crippen molar-refractivity contribution in [2.75, 3.05) is 12.4 Å². The topological polar surface area (TPSA) is 69.6 Å². The van der Waals surface area contributed by atoms with Gasteiger partial charge in [0.25, 0.3) is 5.91 Å². The van der Waals surface area contributed by atoms with Crippen molar-refractivity contribution in [2.45, 2.75) is 20.0 Å². The third-order valence-corrected chi connectivity index (χ3v) is 4.25. The van der Waals surface area contributed by atoms with Gasteiger partial charge in [-0.2, -0.15) is 0 Å². The Morgan fingerprint density at radius 1 is 1.04 bits per heavy atom. The molecule has 0 aliphatic carbocycles. The summed E-state index contributed by atoms with van der Waals surface area (Å²) in [5.74, 6) is -0.455. The molecular weight excluding hydrogens is 356 g/mol. The standard InChI is InChI=1S/C22H22N2O4/c1-15-9-10-20(27-3)19(13-15)23-21(25)16(2)28-22(26)17-7-6-8-18(14-17)24-11-4-5-12-24/h4-14,16H,1-3H3,(H,23,25). The summed E-state index contributed by atoms with van der Waals surface area (Å²) in [5.41, 5.74) is 2.72. The first-order valence-corrected chi connectivity index (χ1v) is 8.88. The molecule has 0 saturated carbocycles. The van der Waals surface area contributed by atoms with Gasteiger partial charge >= 0.3 is 5.97 Å². The Morgan fingerprint density at radius 2 is 1.79 bits per heavy atom. The van der Waals surface area contributed by atoms with Gasteiger partial charge in [-0.3, -0.25) is 4.79 Å². The predicted octanol–water partition coefficient (Wildman–Crippen LogP) is 3.98. The Labute approximate surface area is 163 Å². The summed E-state index contributed by atoms with van der Waals surface area (Å²) in [6, 6.07) is 16.3. The number of anilines is 1. The first-order valence-electron chi connectivity index (χ1n) is 8.88. The molecule has 1 atom stereocenters. The summed E-state index contributed by atoms with van der Waals surface area (Å²) in [7, 11) is 1.53. The van der Waals surface area contributed by atoms with Gasteiger partial charge in [-0.15, -0.1) is 0 Å². The lowest BCUT2D eigenvalue weighted by Crippen LogP contribution is -2.30. The molecule has 0 fully saturated rings. The minimum atomic E-state index is -0.965. The fourth-order valence-corrected chi connectivity index (χ4v) is 2.74. The van der Waals surface area contributed by atoms with Gasteiger partial charge in [0.1, 0.15) is 5.75 Å². The van der Waals surface area contributed by atoms with Crippen molar-refractivity contribution in [2.24, 2.45) is 0 Å². The Balaban J connectivity index is 1.68. The van der Waals surface area contributed by atoms with Gasteiger partial charge in [0.05, 0.1) is 18.4 Å². The van der Waals surface area contributed by atoms with E-state index in [-0.39, 0.29) is 0 Å². The number of benzene rings is 2. The molecule has 1 unspecified atom stereocenters. The van der Waals surface area contributed by atoms with Crippen molar-refractivity contribution in [1.29, 1.82) is 0 Å². The summed E-state index contributed by atoms with van der Waals surface area (Å²) in [6.45, 7) is 3.45. The number of aromatic nitrogens is 1. The van der Waals surface area contributed by atoms with Crippen LogP contribution in [0, 0.1) is 6.92 Å². The minimum Gasteiger partial charge on any atom is -0.495 e. The molecule has 2 aromatic carbocycles. The minimum absolute atomic E-state index is 0.374. The molecule has 6 heteroatoms. The van der Waals surface area contributed by atoms with E-state index in [1.54, 1.807) is 30.3 Å². The number of rotatable bonds is 6. The summed E-state index contributed by atoms with van der Waals surface area (Å²) < 4.78 is 12.5. The molecule has 0 spiro atoms. The number of carbonyl (C=O) groups is 2. The Morgan fingerprint density at radius 3 is 2.50 bits per heavy atom. The average Bonchev–Trinajstić information content (AvgIpc) is 3.23. The number of methoxy groups -OCH3 is 1. The second-order valence-electron chi connectivity index (χ2n) is 6.38. The highest BCUT2D eigenvalue weighted by Gasteiger charge is 2.20. The fourth-order valence-electron chi connectivity index (χ4n) is 2.74. The molecule has 28 heavy (non-hydrogen) atoms. The van der Waals surface area contributed by atoms with Crippen LogP contribution in [0.4, 0.5) is 5.69 Å². The van der Waals surface area contributed by atoms with E-state index < -0.39 is 18.0 Å². The second-order valence-corrected chi connectivity index (χ2v) is 6.38. The molecule has 1 amide bonds. The van der Waals surface area contributed by atoms with E-state index in [9.17, 15) is 9.59 Å². The summed E-state index contributed by atoms with van der Waals surface area (Å²) in [4.78, 5) is 24.9. The molecule has 0 bridgehead atoms. The summed E-state index contributed by atoms with van der Waals surface area (Å²) >= 11 is 0. The maximum absolute atomic E-state index is 12.5. The van der Waals surface area contributed by atoms with Crippen molar-refractivity contribution >= 4 is 17.6 Å². The number of nitrogens with one attached hydrogen (secondary N) is 1. The number of ether oxygens (including phenoxy) is 2. The normalized spacial score (nSPS) is 11.5. The Kier molecular flexibility index (Phi) is 5.79. The highest BCUT2D eigenvalue weighted by Crippen LogP contribution is 2.25. The first kappa shape index (κ1) is 19.2. The number of nitrogens with zero attached hydrogens (tertiary/aromatic N) is 1.